The zero-order valence-electron chi connectivity index (χ0n) is 23.1. The van der Waals surface area contributed by atoms with Crippen molar-refractivity contribution in [3.63, 3.8) is 0 Å². The van der Waals surface area contributed by atoms with Gasteiger partial charge in [-0.15, -0.1) is 0 Å². The molecular formula is C31H33ClN4O4. The number of nitrogens with zero attached hydrogens (tertiary/aromatic N) is 2. The van der Waals surface area contributed by atoms with Gasteiger partial charge in [-0.3, -0.25) is 14.5 Å². The summed E-state index contributed by atoms with van der Waals surface area (Å²) in [5.74, 6) is 1.53. The molecule has 5 rings (SSSR count). The van der Waals surface area contributed by atoms with Gasteiger partial charge in [0.1, 0.15) is 11.3 Å². The Kier molecular flexibility index (Phi) is 7.83. The lowest BCUT2D eigenvalue weighted by Crippen LogP contribution is -2.52. The van der Waals surface area contributed by atoms with Crippen molar-refractivity contribution in [1.82, 2.24) is 20.2 Å². The number of hydrogen-bond acceptors (Lipinski definition) is 6. The Morgan fingerprint density at radius 2 is 1.80 bits per heavy atom. The number of halogens is 1. The Morgan fingerprint density at radius 3 is 2.55 bits per heavy atom. The fraction of sp³-hybridized carbons (Fsp3) is 0.323. The molecule has 0 atom stereocenters. The largest absolute Gasteiger partial charge is 0.493 e. The minimum absolute atomic E-state index is 0.194. The van der Waals surface area contributed by atoms with E-state index in [1.54, 1.807) is 20.3 Å². The van der Waals surface area contributed by atoms with Gasteiger partial charge in [-0.2, -0.15) is 0 Å². The van der Waals surface area contributed by atoms with Crippen molar-refractivity contribution in [2.45, 2.75) is 32.1 Å². The van der Waals surface area contributed by atoms with Gasteiger partial charge in [-0.25, -0.2) is 4.98 Å². The topological polar surface area (TPSA) is 96.5 Å². The number of H-pyrrole nitrogens is 1. The van der Waals surface area contributed by atoms with Gasteiger partial charge in [-0.05, 0) is 81.2 Å². The predicted octanol–water partition coefficient (Wildman–Crippen LogP) is 5.38. The van der Waals surface area contributed by atoms with Gasteiger partial charge < -0.3 is 19.8 Å². The van der Waals surface area contributed by atoms with Crippen LogP contribution < -0.4 is 14.8 Å². The van der Waals surface area contributed by atoms with Crippen LogP contribution >= 0.6 is 11.6 Å². The Bertz CT molecular complexity index is 1580. The molecule has 2 amide bonds. The van der Waals surface area contributed by atoms with Crippen molar-refractivity contribution in [2.75, 3.05) is 33.9 Å². The number of ether oxygens (including phenoxy) is 2. The molecule has 0 aliphatic carbocycles. The highest BCUT2D eigenvalue weighted by atomic mass is 35.5. The zero-order valence-corrected chi connectivity index (χ0v) is 23.9. The maximum atomic E-state index is 13.7. The van der Waals surface area contributed by atoms with Crippen LogP contribution in [0.3, 0.4) is 0 Å². The number of carbonyl (C=O) groups is 2. The lowest BCUT2D eigenvalue weighted by atomic mass is 9.76. The van der Waals surface area contributed by atoms with Gasteiger partial charge in [0.25, 0.3) is 5.91 Å². The molecular weight excluding hydrogens is 528 g/mol. The van der Waals surface area contributed by atoms with Crippen LogP contribution in [0, 0.1) is 0 Å². The van der Waals surface area contributed by atoms with Gasteiger partial charge in [0.2, 0.25) is 5.91 Å². The molecule has 1 aromatic heterocycles. The molecule has 0 saturated carbocycles. The van der Waals surface area contributed by atoms with Crippen molar-refractivity contribution in [1.29, 1.82) is 0 Å². The van der Waals surface area contributed by atoms with Gasteiger partial charge in [0.05, 0.1) is 30.7 Å². The van der Waals surface area contributed by atoms with E-state index in [-0.39, 0.29) is 11.8 Å². The smallest absolute Gasteiger partial charge is 0.263 e. The first-order valence-corrected chi connectivity index (χ1v) is 13.7. The van der Waals surface area contributed by atoms with Crippen LogP contribution in [0.25, 0.3) is 22.4 Å². The van der Waals surface area contributed by atoms with Crippen molar-refractivity contribution >= 4 is 34.4 Å². The molecule has 40 heavy (non-hydrogen) atoms. The SMILES string of the molecule is COc1ccc(CCNCCCN2C(=O)c3c(ccc4[nH]c(-c5cccc(Cl)c5)nc34)C(C)(C)C2=O)cc1OC. The molecule has 0 radical (unpaired) electrons. The van der Waals surface area contributed by atoms with Crippen molar-refractivity contribution in [3.8, 4) is 22.9 Å². The van der Waals surface area contributed by atoms with Crippen LogP contribution in [-0.2, 0) is 16.6 Å². The average Bonchev–Trinajstić information content (AvgIpc) is 3.39. The number of benzene rings is 3. The molecule has 0 bridgehead atoms. The summed E-state index contributed by atoms with van der Waals surface area (Å²) in [6.07, 6.45) is 1.45. The summed E-state index contributed by atoms with van der Waals surface area (Å²) in [5, 5.41) is 4.02. The normalized spacial score (nSPS) is 14.5. The highest BCUT2D eigenvalue weighted by molar-refractivity contribution is 6.30. The lowest BCUT2D eigenvalue weighted by molar-refractivity contribution is -0.134. The monoisotopic (exact) mass is 560 g/mol. The molecule has 1 aliphatic rings. The van der Waals surface area contributed by atoms with Crippen LogP contribution in [-0.4, -0.2) is 60.5 Å². The van der Waals surface area contributed by atoms with E-state index >= 15 is 0 Å². The third kappa shape index (κ3) is 5.17. The number of aromatic amines is 1. The summed E-state index contributed by atoms with van der Waals surface area (Å²) in [6.45, 7) is 5.48. The van der Waals surface area contributed by atoms with E-state index in [1.807, 2.05) is 62.4 Å². The molecule has 0 fully saturated rings. The van der Waals surface area contributed by atoms with E-state index in [0.717, 1.165) is 29.6 Å². The Morgan fingerprint density at radius 1 is 1.00 bits per heavy atom. The van der Waals surface area contributed by atoms with Crippen molar-refractivity contribution < 1.29 is 19.1 Å². The zero-order chi connectivity index (χ0) is 28.4. The molecule has 0 saturated heterocycles. The van der Waals surface area contributed by atoms with E-state index in [9.17, 15) is 9.59 Å². The van der Waals surface area contributed by atoms with Crippen LogP contribution in [0.5, 0.6) is 11.5 Å². The maximum absolute atomic E-state index is 13.7. The van der Waals surface area contributed by atoms with Crippen LogP contribution in [0.4, 0.5) is 0 Å². The standard InChI is InChI=1S/C31H33ClN4O4/c1-31(2)22-10-11-23-27(35-28(34-23)20-7-5-8-21(32)18-20)26(22)29(37)36(30(31)38)16-6-14-33-15-13-19-9-12-24(39-3)25(17-19)40-4/h5,7-12,17-18,33H,6,13-16H2,1-4H3,(H,34,35). The van der Waals surface area contributed by atoms with E-state index in [4.69, 9.17) is 26.1 Å². The second-order valence-electron chi connectivity index (χ2n) is 10.4. The Balaban J connectivity index is 1.28. The third-order valence-corrected chi connectivity index (χ3v) is 7.67. The molecule has 8 nitrogen and oxygen atoms in total. The predicted molar refractivity (Wildman–Crippen MR) is 156 cm³/mol. The van der Waals surface area contributed by atoms with Gasteiger partial charge in [-0.1, -0.05) is 35.9 Å². The molecule has 9 heteroatoms. The number of carbonyl (C=O) groups excluding carboxylic acids is 2. The minimum Gasteiger partial charge on any atom is -0.493 e. The summed E-state index contributed by atoms with van der Waals surface area (Å²) in [4.78, 5) is 36.7. The summed E-state index contributed by atoms with van der Waals surface area (Å²) in [5.41, 5.74) is 3.58. The summed E-state index contributed by atoms with van der Waals surface area (Å²) in [7, 11) is 3.24. The number of imide groups is 1. The molecule has 0 spiro atoms. The highest BCUT2D eigenvalue weighted by Crippen LogP contribution is 2.38. The molecule has 2 N–H and O–H groups in total. The fourth-order valence-corrected chi connectivity index (χ4v) is 5.41. The number of amides is 2. The molecule has 1 aliphatic heterocycles. The molecule has 2 heterocycles. The van der Waals surface area contributed by atoms with Crippen molar-refractivity contribution in [2.24, 2.45) is 0 Å². The Hall–Kier alpha value is -3.88. The number of imidazole rings is 1. The third-order valence-electron chi connectivity index (χ3n) is 7.44. The first-order valence-electron chi connectivity index (χ1n) is 13.3. The summed E-state index contributed by atoms with van der Waals surface area (Å²) < 4.78 is 10.7. The minimum atomic E-state index is -0.854. The fourth-order valence-electron chi connectivity index (χ4n) is 5.22. The van der Waals surface area contributed by atoms with Crippen LogP contribution in [0.2, 0.25) is 5.02 Å². The number of fused-ring (bicyclic) bond motifs is 3. The number of aromatic nitrogens is 2. The van der Waals surface area contributed by atoms with Gasteiger partial charge in [0.15, 0.2) is 11.5 Å². The Labute approximate surface area is 238 Å². The van der Waals surface area contributed by atoms with Gasteiger partial charge in [0, 0.05) is 17.1 Å². The van der Waals surface area contributed by atoms with Crippen LogP contribution in [0.15, 0.2) is 54.6 Å². The highest BCUT2D eigenvalue weighted by Gasteiger charge is 2.45. The molecule has 3 aromatic carbocycles. The second-order valence-corrected chi connectivity index (χ2v) is 10.8. The summed E-state index contributed by atoms with van der Waals surface area (Å²) in [6, 6.07) is 17.0. The second kappa shape index (κ2) is 11.3. The van der Waals surface area contributed by atoms with Gasteiger partial charge >= 0.3 is 0 Å². The van der Waals surface area contributed by atoms with E-state index in [1.165, 1.54) is 4.90 Å². The first kappa shape index (κ1) is 27.7. The molecule has 0 unspecified atom stereocenters. The van der Waals surface area contributed by atoms with Crippen LogP contribution in [0.1, 0.15) is 41.8 Å². The maximum Gasteiger partial charge on any atom is 0.263 e. The quantitative estimate of drug-likeness (QED) is 0.200. The van der Waals surface area contributed by atoms with E-state index in [0.29, 0.717) is 58.5 Å². The number of methoxy groups -OCH3 is 2. The molecule has 4 aromatic rings. The number of hydrogen-bond donors (Lipinski definition) is 2. The van der Waals surface area contributed by atoms with E-state index in [2.05, 4.69) is 10.3 Å². The lowest BCUT2D eigenvalue weighted by Gasteiger charge is -2.37. The average molecular weight is 561 g/mol. The first-order chi connectivity index (χ1) is 19.2. The van der Waals surface area contributed by atoms with E-state index < -0.39 is 5.41 Å². The summed E-state index contributed by atoms with van der Waals surface area (Å²) >= 11 is 6.18. The molecule has 208 valence electrons. The van der Waals surface area contributed by atoms with Crippen molar-refractivity contribution in [3.05, 3.63) is 76.3 Å². The number of rotatable bonds is 10. The number of nitrogens with one attached hydrogen (secondary N) is 2.